The van der Waals surface area contributed by atoms with Gasteiger partial charge in [0.25, 0.3) is 0 Å². The predicted octanol–water partition coefficient (Wildman–Crippen LogP) is 6.61. The maximum absolute atomic E-state index is 13.2. The van der Waals surface area contributed by atoms with E-state index in [9.17, 15) is 9.59 Å². The molecule has 1 saturated carbocycles. The first-order valence-corrected chi connectivity index (χ1v) is 12.9. The third kappa shape index (κ3) is 7.31. The predicted molar refractivity (Wildman–Crippen MR) is 134 cm³/mol. The van der Waals surface area contributed by atoms with Gasteiger partial charge in [0, 0.05) is 32.5 Å². The highest BCUT2D eigenvalue weighted by atomic mass is 35.5. The van der Waals surface area contributed by atoms with E-state index >= 15 is 0 Å². The van der Waals surface area contributed by atoms with Gasteiger partial charge in [-0.15, -0.1) is 11.8 Å². The van der Waals surface area contributed by atoms with E-state index < -0.39 is 6.04 Å². The van der Waals surface area contributed by atoms with Crippen LogP contribution in [-0.2, 0) is 16.1 Å². The number of thioether (sulfide) groups is 1. The molecule has 0 radical (unpaired) electrons. The zero-order valence-electron chi connectivity index (χ0n) is 18.0. The Bertz CT molecular complexity index is 933. The monoisotopic (exact) mass is 512 g/mol. The number of carbonyl (C=O) groups is 2. The molecule has 32 heavy (non-hydrogen) atoms. The van der Waals surface area contributed by atoms with Gasteiger partial charge in [0.2, 0.25) is 11.8 Å². The summed E-state index contributed by atoms with van der Waals surface area (Å²) in [5.74, 6) is -0.0671. The van der Waals surface area contributed by atoms with Crippen molar-refractivity contribution in [3.8, 4) is 0 Å². The largest absolute Gasteiger partial charge is 0.352 e. The molecule has 1 N–H and O–H groups in total. The van der Waals surface area contributed by atoms with E-state index in [-0.39, 0.29) is 30.2 Å². The number of nitrogens with zero attached hydrogens (tertiary/aromatic N) is 1. The van der Waals surface area contributed by atoms with E-state index in [1.165, 1.54) is 18.2 Å². The third-order valence-electron chi connectivity index (χ3n) is 5.65. The van der Waals surface area contributed by atoms with Crippen LogP contribution in [0.1, 0.15) is 44.6 Å². The lowest BCUT2D eigenvalue weighted by Gasteiger charge is -2.31. The lowest BCUT2D eigenvalue weighted by atomic mass is 9.95. The third-order valence-corrected chi connectivity index (χ3v) is 7.49. The molecule has 4 nitrogen and oxygen atoms in total. The fourth-order valence-corrected chi connectivity index (χ4v) is 5.12. The molecule has 3 rings (SSSR count). The second-order valence-electron chi connectivity index (χ2n) is 8.02. The van der Waals surface area contributed by atoms with E-state index in [0.29, 0.717) is 15.1 Å². The highest BCUT2D eigenvalue weighted by Crippen LogP contribution is 2.25. The van der Waals surface area contributed by atoms with Crippen molar-refractivity contribution in [2.24, 2.45) is 0 Å². The molecule has 2 amide bonds. The second-order valence-corrected chi connectivity index (χ2v) is 10.3. The van der Waals surface area contributed by atoms with E-state index in [1.54, 1.807) is 42.2 Å². The summed E-state index contributed by atoms with van der Waals surface area (Å²) in [6, 6.07) is 12.1. The summed E-state index contributed by atoms with van der Waals surface area (Å²) >= 11 is 19.7. The van der Waals surface area contributed by atoms with Gasteiger partial charge < -0.3 is 10.2 Å². The number of rotatable bonds is 8. The molecule has 8 heteroatoms. The lowest BCUT2D eigenvalue weighted by Crippen LogP contribution is -2.50. The molecule has 1 aliphatic rings. The van der Waals surface area contributed by atoms with Gasteiger partial charge in [-0.25, -0.2) is 0 Å². The first kappa shape index (κ1) is 25.2. The molecule has 0 heterocycles. The topological polar surface area (TPSA) is 49.4 Å². The minimum Gasteiger partial charge on any atom is -0.352 e. The van der Waals surface area contributed by atoms with Gasteiger partial charge in [-0.2, -0.15) is 0 Å². The molecule has 2 aromatic rings. The summed E-state index contributed by atoms with van der Waals surface area (Å²) in [6.07, 6.45) is 5.44. The smallest absolute Gasteiger partial charge is 0.242 e. The molecule has 0 spiro atoms. The average molecular weight is 514 g/mol. The zero-order valence-corrected chi connectivity index (χ0v) is 21.0. The number of hydrogen-bond acceptors (Lipinski definition) is 3. The van der Waals surface area contributed by atoms with Gasteiger partial charge in [-0.3, -0.25) is 9.59 Å². The molecule has 0 bridgehead atoms. The number of benzene rings is 2. The lowest BCUT2D eigenvalue weighted by molar-refractivity contribution is -0.139. The van der Waals surface area contributed by atoms with Gasteiger partial charge in [0.1, 0.15) is 6.04 Å². The van der Waals surface area contributed by atoms with Crippen LogP contribution in [0.2, 0.25) is 15.1 Å². The van der Waals surface area contributed by atoms with Crippen LogP contribution >= 0.6 is 46.6 Å². The van der Waals surface area contributed by atoms with Gasteiger partial charge in [0.15, 0.2) is 0 Å². The Balaban J connectivity index is 1.73. The van der Waals surface area contributed by atoms with Crippen LogP contribution in [0, 0.1) is 0 Å². The van der Waals surface area contributed by atoms with Gasteiger partial charge in [-0.05, 0) is 61.7 Å². The van der Waals surface area contributed by atoms with Crippen LogP contribution in [0.25, 0.3) is 0 Å². The fourth-order valence-electron chi connectivity index (χ4n) is 3.74. The van der Waals surface area contributed by atoms with Crippen LogP contribution in [0.4, 0.5) is 0 Å². The molecule has 1 fully saturated rings. The first-order chi connectivity index (χ1) is 15.3. The Morgan fingerprint density at radius 3 is 2.34 bits per heavy atom. The molecule has 172 valence electrons. The minimum atomic E-state index is -0.623. The SMILES string of the molecule is C[C@@H](C(=O)NC1CCCCC1)N(Cc1ccc(Cl)cc1Cl)C(=O)CSc1ccc(Cl)cc1. The summed E-state index contributed by atoms with van der Waals surface area (Å²) in [5.41, 5.74) is 0.748. The quantitative estimate of drug-likeness (QED) is 0.404. The second kappa shape index (κ2) is 12.2. The van der Waals surface area contributed by atoms with Crippen molar-refractivity contribution in [2.75, 3.05) is 5.75 Å². The number of nitrogens with one attached hydrogen (secondary N) is 1. The van der Waals surface area contributed by atoms with Crippen molar-refractivity contribution in [2.45, 2.75) is 62.6 Å². The Kier molecular flexibility index (Phi) is 9.60. The van der Waals surface area contributed by atoms with Crippen molar-refractivity contribution >= 4 is 58.4 Å². The summed E-state index contributed by atoms with van der Waals surface area (Å²) < 4.78 is 0. The van der Waals surface area contributed by atoms with Crippen LogP contribution < -0.4 is 5.32 Å². The standard InChI is InChI=1S/C24H27Cl3N2O2S/c1-16(24(31)28-20-5-3-2-4-6-20)29(14-17-7-8-19(26)13-22(17)27)23(30)15-32-21-11-9-18(25)10-12-21/h7-13,16,20H,2-6,14-15H2,1H3,(H,28,31)/t16-/m0/s1. The molecular weight excluding hydrogens is 487 g/mol. The van der Waals surface area contributed by atoms with E-state index in [4.69, 9.17) is 34.8 Å². The van der Waals surface area contributed by atoms with Crippen molar-refractivity contribution < 1.29 is 9.59 Å². The molecule has 0 unspecified atom stereocenters. The fraction of sp³-hybridized carbons (Fsp3) is 0.417. The number of halogens is 3. The Hall–Kier alpha value is -1.40. The number of amides is 2. The molecule has 1 aliphatic carbocycles. The normalized spacial score (nSPS) is 15.2. The van der Waals surface area contributed by atoms with E-state index in [2.05, 4.69) is 5.32 Å². The summed E-state index contributed by atoms with van der Waals surface area (Å²) in [5, 5.41) is 4.78. The molecule has 0 saturated heterocycles. The molecule has 2 aromatic carbocycles. The first-order valence-electron chi connectivity index (χ1n) is 10.8. The van der Waals surface area contributed by atoms with Crippen molar-refractivity contribution in [1.82, 2.24) is 10.2 Å². The van der Waals surface area contributed by atoms with Crippen molar-refractivity contribution in [3.05, 3.63) is 63.1 Å². The minimum absolute atomic E-state index is 0.133. The van der Waals surface area contributed by atoms with Crippen LogP contribution in [0.3, 0.4) is 0 Å². The number of carbonyl (C=O) groups excluding carboxylic acids is 2. The van der Waals surface area contributed by atoms with E-state index in [0.717, 1.165) is 36.1 Å². The highest BCUT2D eigenvalue weighted by Gasteiger charge is 2.28. The maximum Gasteiger partial charge on any atom is 0.242 e. The molecule has 0 aromatic heterocycles. The van der Waals surface area contributed by atoms with Gasteiger partial charge in [-0.1, -0.05) is 60.1 Å². The summed E-state index contributed by atoms with van der Waals surface area (Å²) in [7, 11) is 0. The van der Waals surface area contributed by atoms with Crippen LogP contribution in [0.5, 0.6) is 0 Å². The van der Waals surface area contributed by atoms with E-state index in [1.807, 2.05) is 12.1 Å². The van der Waals surface area contributed by atoms with Crippen molar-refractivity contribution in [1.29, 1.82) is 0 Å². The maximum atomic E-state index is 13.2. The molecule has 1 atom stereocenters. The Morgan fingerprint density at radius 1 is 1.03 bits per heavy atom. The highest BCUT2D eigenvalue weighted by molar-refractivity contribution is 8.00. The zero-order chi connectivity index (χ0) is 23.1. The van der Waals surface area contributed by atoms with Gasteiger partial charge in [0.05, 0.1) is 5.75 Å². The average Bonchev–Trinajstić information content (AvgIpc) is 2.78. The Morgan fingerprint density at radius 2 is 1.69 bits per heavy atom. The van der Waals surface area contributed by atoms with Gasteiger partial charge >= 0.3 is 0 Å². The Labute approximate surface area is 209 Å². The summed E-state index contributed by atoms with van der Waals surface area (Å²) in [6.45, 7) is 2.00. The molecule has 0 aliphatic heterocycles. The van der Waals surface area contributed by atoms with Crippen LogP contribution in [0.15, 0.2) is 47.4 Å². The van der Waals surface area contributed by atoms with Crippen LogP contribution in [-0.4, -0.2) is 34.6 Å². The van der Waals surface area contributed by atoms with Crippen molar-refractivity contribution in [3.63, 3.8) is 0 Å². The number of hydrogen-bond donors (Lipinski definition) is 1. The molecular formula is C24H27Cl3N2O2S. The summed E-state index contributed by atoms with van der Waals surface area (Å²) in [4.78, 5) is 28.8.